The maximum atomic E-state index is 11.4. The van der Waals surface area contributed by atoms with Gasteiger partial charge in [-0.15, -0.1) is 0 Å². The van der Waals surface area contributed by atoms with Crippen LogP contribution in [0.15, 0.2) is 34.9 Å². The second kappa shape index (κ2) is 5.32. The lowest BCUT2D eigenvalue weighted by Gasteiger charge is -2.07. The average Bonchev–Trinajstić information content (AvgIpc) is 2.87. The van der Waals surface area contributed by atoms with Gasteiger partial charge in [-0.25, -0.2) is 4.68 Å². The second-order valence-electron chi connectivity index (χ2n) is 3.66. The Labute approximate surface area is 113 Å². The number of amides is 1. The molecule has 2 aromatic rings. The van der Waals surface area contributed by atoms with E-state index in [-0.39, 0.29) is 12.5 Å². The van der Waals surface area contributed by atoms with E-state index in [4.69, 9.17) is 0 Å². The third kappa shape index (κ3) is 2.44. The fourth-order valence-electron chi connectivity index (χ4n) is 1.59. The highest BCUT2D eigenvalue weighted by Crippen LogP contribution is 2.20. The molecule has 0 aliphatic carbocycles. The van der Waals surface area contributed by atoms with Crippen LogP contribution in [0.2, 0.25) is 0 Å². The summed E-state index contributed by atoms with van der Waals surface area (Å²) in [5, 5.41) is 16.0. The Hall–Kier alpha value is -1.66. The highest BCUT2D eigenvalue weighted by atomic mass is 79.9. The number of nitrogens with one attached hydrogen (secondary N) is 1. The van der Waals surface area contributed by atoms with Crippen LogP contribution in [-0.2, 0) is 6.61 Å². The highest BCUT2D eigenvalue weighted by Gasteiger charge is 2.10. The van der Waals surface area contributed by atoms with Crippen molar-refractivity contribution in [2.45, 2.75) is 6.61 Å². The zero-order valence-corrected chi connectivity index (χ0v) is 11.3. The van der Waals surface area contributed by atoms with Gasteiger partial charge in [-0.3, -0.25) is 4.79 Å². The second-order valence-corrected chi connectivity index (χ2v) is 4.57. The van der Waals surface area contributed by atoms with E-state index in [2.05, 4.69) is 26.3 Å². The molecule has 0 radical (unpaired) electrons. The number of carbonyl (C=O) groups is 1. The molecule has 1 aromatic heterocycles. The van der Waals surface area contributed by atoms with Gasteiger partial charge in [-0.05, 0) is 18.2 Å². The summed E-state index contributed by atoms with van der Waals surface area (Å²) < 4.78 is 2.45. The minimum atomic E-state index is -0.241. The van der Waals surface area contributed by atoms with Crippen molar-refractivity contribution in [1.29, 1.82) is 0 Å². The largest absolute Gasteiger partial charge is 0.392 e. The summed E-state index contributed by atoms with van der Waals surface area (Å²) in [6.45, 7) is -0.0855. The monoisotopic (exact) mass is 309 g/mol. The van der Waals surface area contributed by atoms with Gasteiger partial charge < -0.3 is 10.4 Å². The molecule has 0 unspecified atom stereocenters. The number of rotatable bonds is 3. The van der Waals surface area contributed by atoms with Crippen LogP contribution in [0.5, 0.6) is 0 Å². The fourth-order valence-corrected chi connectivity index (χ4v) is 1.94. The number of aliphatic hydroxyl groups excluding tert-OH is 1. The van der Waals surface area contributed by atoms with Gasteiger partial charge in [-0.2, -0.15) is 5.10 Å². The standard InChI is InChI=1S/C12H12BrN3O2/c1-14-12(18)10-4-5-16(15-10)11-6-9(13)3-2-8(11)7-17/h2-6,17H,7H2,1H3,(H,14,18). The minimum absolute atomic E-state index is 0.0855. The van der Waals surface area contributed by atoms with Gasteiger partial charge in [0.2, 0.25) is 0 Å². The Kier molecular flexibility index (Phi) is 3.78. The van der Waals surface area contributed by atoms with Crippen LogP contribution in [0.4, 0.5) is 0 Å². The molecule has 1 aromatic carbocycles. The average molecular weight is 310 g/mol. The quantitative estimate of drug-likeness (QED) is 0.902. The Morgan fingerprint density at radius 3 is 2.94 bits per heavy atom. The number of aliphatic hydroxyl groups is 1. The van der Waals surface area contributed by atoms with E-state index in [1.165, 1.54) is 0 Å². The van der Waals surface area contributed by atoms with Crippen molar-refractivity contribution < 1.29 is 9.90 Å². The van der Waals surface area contributed by atoms with Gasteiger partial charge in [-0.1, -0.05) is 22.0 Å². The lowest BCUT2D eigenvalue weighted by molar-refractivity contribution is 0.0957. The van der Waals surface area contributed by atoms with Crippen molar-refractivity contribution in [3.63, 3.8) is 0 Å². The Morgan fingerprint density at radius 2 is 2.28 bits per heavy atom. The molecule has 0 spiro atoms. The number of hydrogen-bond acceptors (Lipinski definition) is 3. The topological polar surface area (TPSA) is 67.2 Å². The molecule has 0 aliphatic heterocycles. The Morgan fingerprint density at radius 1 is 1.50 bits per heavy atom. The summed E-state index contributed by atoms with van der Waals surface area (Å²) in [6.07, 6.45) is 1.69. The summed E-state index contributed by atoms with van der Waals surface area (Å²) in [6, 6.07) is 7.12. The third-order valence-electron chi connectivity index (χ3n) is 2.51. The predicted molar refractivity (Wildman–Crippen MR) is 70.6 cm³/mol. The van der Waals surface area contributed by atoms with E-state index in [0.29, 0.717) is 5.69 Å². The summed E-state index contributed by atoms with van der Waals surface area (Å²) in [5.41, 5.74) is 1.81. The molecular formula is C12H12BrN3O2. The molecule has 1 heterocycles. The first kappa shape index (κ1) is 12.8. The normalized spacial score (nSPS) is 10.4. The fraction of sp³-hybridized carbons (Fsp3) is 0.167. The summed E-state index contributed by atoms with van der Waals surface area (Å²) in [5.74, 6) is -0.241. The number of carbonyl (C=O) groups excluding carboxylic acids is 1. The lowest BCUT2D eigenvalue weighted by atomic mass is 10.2. The maximum Gasteiger partial charge on any atom is 0.271 e. The molecule has 0 aliphatic rings. The summed E-state index contributed by atoms with van der Waals surface area (Å²) >= 11 is 3.37. The number of hydrogen-bond donors (Lipinski definition) is 2. The van der Waals surface area contributed by atoms with E-state index in [9.17, 15) is 9.90 Å². The predicted octanol–water partition coefficient (Wildman–Crippen LogP) is 1.49. The van der Waals surface area contributed by atoms with Crippen LogP contribution in [-0.4, -0.2) is 27.8 Å². The first-order valence-electron chi connectivity index (χ1n) is 5.33. The zero-order valence-electron chi connectivity index (χ0n) is 9.72. The van der Waals surface area contributed by atoms with Crippen molar-refractivity contribution in [3.05, 3.63) is 46.2 Å². The highest BCUT2D eigenvalue weighted by molar-refractivity contribution is 9.10. The zero-order chi connectivity index (χ0) is 13.1. The summed E-state index contributed by atoms with van der Waals surface area (Å²) in [4.78, 5) is 11.4. The lowest BCUT2D eigenvalue weighted by Crippen LogP contribution is -2.18. The van der Waals surface area contributed by atoms with Gasteiger partial charge in [0.05, 0.1) is 12.3 Å². The number of aromatic nitrogens is 2. The van der Waals surface area contributed by atoms with Gasteiger partial charge in [0.25, 0.3) is 5.91 Å². The van der Waals surface area contributed by atoms with E-state index in [0.717, 1.165) is 15.7 Å². The van der Waals surface area contributed by atoms with Crippen LogP contribution in [0.25, 0.3) is 5.69 Å². The van der Waals surface area contributed by atoms with Gasteiger partial charge in [0, 0.05) is 23.3 Å². The molecular weight excluding hydrogens is 298 g/mol. The molecule has 0 saturated heterocycles. The van der Waals surface area contributed by atoms with Crippen molar-refractivity contribution in [1.82, 2.24) is 15.1 Å². The van der Waals surface area contributed by atoms with Gasteiger partial charge >= 0.3 is 0 Å². The molecule has 2 rings (SSSR count). The molecule has 0 atom stereocenters. The SMILES string of the molecule is CNC(=O)c1ccn(-c2cc(Br)ccc2CO)n1. The number of halogens is 1. The molecule has 6 heteroatoms. The van der Waals surface area contributed by atoms with Gasteiger partial charge in [0.1, 0.15) is 0 Å². The molecule has 18 heavy (non-hydrogen) atoms. The molecule has 0 fully saturated rings. The van der Waals surface area contributed by atoms with Crippen LogP contribution in [0, 0.1) is 0 Å². The van der Waals surface area contributed by atoms with Crippen molar-refractivity contribution in [2.75, 3.05) is 7.05 Å². The number of benzene rings is 1. The Balaban J connectivity index is 2.45. The van der Waals surface area contributed by atoms with E-state index >= 15 is 0 Å². The summed E-state index contributed by atoms with van der Waals surface area (Å²) in [7, 11) is 1.56. The smallest absolute Gasteiger partial charge is 0.271 e. The van der Waals surface area contributed by atoms with Gasteiger partial charge in [0.15, 0.2) is 5.69 Å². The van der Waals surface area contributed by atoms with Crippen LogP contribution in [0.1, 0.15) is 16.1 Å². The molecule has 0 saturated carbocycles. The molecule has 1 amide bonds. The van der Waals surface area contributed by atoms with E-state index < -0.39 is 0 Å². The van der Waals surface area contributed by atoms with Crippen molar-refractivity contribution in [2.24, 2.45) is 0 Å². The molecule has 5 nitrogen and oxygen atoms in total. The maximum absolute atomic E-state index is 11.4. The van der Waals surface area contributed by atoms with Crippen LogP contribution in [0.3, 0.4) is 0 Å². The first-order chi connectivity index (χ1) is 8.65. The van der Waals surface area contributed by atoms with E-state index in [1.54, 1.807) is 30.1 Å². The molecule has 2 N–H and O–H groups in total. The van der Waals surface area contributed by atoms with E-state index in [1.807, 2.05) is 12.1 Å². The minimum Gasteiger partial charge on any atom is -0.392 e. The number of nitrogens with zero attached hydrogens (tertiary/aromatic N) is 2. The Bertz CT molecular complexity index is 580. The molecule has 94 valence electrons. The van der Waals surface area contributed by atoms with Crippen molar-refractivity contribution in [3.8, 4) is 5.69 Å². The first-order valence-corrected chi connectivity index (χ1v) is 6.12. The van der Waals surface area contributed by atoms with Crippen molar-refractivity contribution >= 4 is 21.8 Å². The van der Waals surface area contributed by atoms with Crippen LogP contribution >= 0.6 is 15.9 Å². The van der Waals surface area contributed by atoms with Crippen LogP contribution < -0.4 is 5.32 Å². The third-order valence-corrected chi connectivity index (χ3v) is 3.01. The molecule has 0 bridgehead atoms.